The minimum atomic E-state index is 0.407. The van der Waals surface area contributed by atoms with Crippen molar-refractivity contribution in [1.29, 1.82) is 0 Å². The third-order valence-corrected chi connectivity index (χ3v) is 4.12. The number of hydrogen-bond donors (Lipinski definition) is 3. The van der Waals surface area contributed by atoms with Crippen LogP contribution in [0.5, 0.6) is 0 Å². The van der Waals surface area contributed by atoms with Gasteiger partial charge in [0.2, 0.25) is 0 Å². The van der Waals surface area contributed by atoms with Crippen molar-refractivity contribution in [3.05, 3.63) is 64.4 Å². The van der Waals surface area contributed by atoms with Gasteiger partial charge in [0.05, 0.1) is 10.0 Å². The number of nitrogen functional groups attached to an aromatic ring is 1. The zero-order valence-corrected chi connectivity index (χ0v) is 14.4. The van der Waals surface area contributed by atoms with Gasteiger partial charge < -0.3 is 16.4 Å². The van der Waals surface area contributed by atoms with Gasteiger partial charge in [-0.05, 0) is 37.3 Å². The summed E-state index contributed by atoms with van der Waals surface area (Å²) in [6.45, 7) is 2.03. The van der Waals surface area contributed by atoms with Crippen LogP contribution >= 0.6 is 23.2 Å². The van der Waals surface area contributed by atoms with Gasteiger partial charge in [0.15, 0.2) is 11.6 Å². The average Bonchev–Trinajstić information content (AvgIpc) is 2.57. The van der Waals surface area contributed by atoms with E-state index in [1.54, 1.807) is 18.2 Å². The predicted molar refractivity (Wildman–Crippen MR) is 101 cm³/mol. The van der Waals surface area contributed by atoms with E-state index in [1.807, 2.05) is 31.2 Å². The molecule has 0 aliphatic carbocycles. The van der Waals surface area contributed by atoms with E-state index >= 15 is 0 Å². The number of nitrogens with two attached hydrogens (primary N) is 1. The molecule has 0 fully saturated rings. The normalized spacial score (nSPS) is 10.5. The lowest BCUT2D eigenvalue weighted by Crippen LogP contribution is -2.05. The number of hydrogen-bond acceptors (Lipinski definition) is 5. The summed E-state index contributed by atoms with van der Waals surface area (Å²) in [5.41, 5.74) is 9.38. The molecule has 0 aliphatic rings. The van der Waals surface area contributed by atoms with Gasteiger partial charge >= 0.3 is 0 Å². The summed E-state index contributed by atoms with van der Waals surface area (Å²) >= 11 is 11.9. The molecule has 5 nitrogen and oxygen atoms in total. The predicted octanol–water partition coefficient (Wildman–Crippen LogP) is 5.16. The van der Waals surface area contributed by atoms with Crippen molar-refractivity contribution in [1.82, 2.24) is 9.97 Å². The Morgan fingerprint density at radius 3 is 2.04 bits per heavy atom. The molecule has 7 heteroatoms. The van der Waals surface area contributed by atoms with Gasteiger partial charge in [-0.2, -0.15) is 0 Å². The van der Waals surface area contributed by atoms with Gasteiger partial charge in [0.1, 0.15) is 12.0 Å². The zero-order chi connectivity index (χ0) is 17.1. The van der Waals surface area contributed by atoms with Crippen molar-refractivity contribution >= 4 is 51.9 Å². The van der Waals surface area contributed by atoms with Crippen molar-refractivity contribution in [2.24, 2.45) is 0 Å². The van der Waals surface area contributed by atoms with Gasteiger partial charge in [-0.15, -0.1) is 0 Å². The molecular formula is C17H15Cl2N5. The molecule has 2 aromatic carbocycles. The van der Waals surface area contributed by atoms with Crippen LogP contribution in [0.15, 0.2) is 48.8 Å². The van der Waals surface area contributed by atoms with E-state index in [1.165, 1.54) is 11.9 Å². The fourth-order valence-corrected chi connectivity index (χ4v) is 2.38. The summed E-state index contributed by atoms with van der Waals surface area (Å²) in [5, 5.41) is 7.24. The standard InChI is InChI=1S/C17H15Cl2N5/c1-10-2-4-11(5-3-10)23-16-15(20)17(22-9-21-16)24-12-6-7-13(18)14(19)8-12/h2-9H,20H2,1H3,(H2,21,22,23,24). The van der Waals surface area contributed by atoms with Gasteiger partial charge in [0, 0.05) is 11.4 Å². The van der Waals surface area contributed by atoms with Gasteiger partial charge in [0.25, 0.3) is 0 Å². The summed E-state index contributed by atoms with van der Waals surface area (Å²) in [7, 11) is 0. The van der Waals surface area contributed by atoms with Gasteiger partial charge in [-0.25, -0.2) is 9.97 Å². The highest BCUT2D eigenvalue weighted by Gasteiger charge is 2.09. The Morgan fingerprint density at radius 1 is 0.833 bits per heavy atom. The molecule has 4 N–H and O–H groups in total. The number of aromatic nitrogens is 2. The molecule has 0 spiro atoms. The Balaban J connectivity index is 1.84. The Kier molecular flexibility index (Phi) is 4.74. The Hall–Kier alpha value is -2.50. The highest BCUT2D eigenvalue weighted by atomic mass is 35.5. The van der Waals surface area contributed by atoms with E-state index in [0.717, 1.165) is 11.4 Å². The summed E-state index contributed by atoms with van der Waals surface area (Å²) in [6, 6.07) is 13.1. The second-order valence-corrected chi connectivity index (χ2v) is 6.04. The molecule has 1 heterocycles. The molecule has 1 aromatic heterocycles. The Bertz CT molecular complexity index is 865. The first-order chi connectivity index (χ1) is 11.5. The van der Waals surface area contributed by atoms with Crippen LogP contribution in [0.1, 0.15) is 5.56 Å². The van der Waals surface area contributed by atoms with Crippen LogP contribution in [-0.2, 0) is 0 Å². The Morgan fingerprint density at radius 2 is 1.42 bits per heavy atom. The van der Waals surface area contributed by atoms with Crippen molar-refractivity contribution in [2.45, 2.75) is 6.92 Å². The smallest absolute Gasteiger partial charge is 0.159 e. The third kappa shape index (κ3) is 3.69. The van der Waals surface area contributed by atoms with Crippen molar-refractivity contribution in [3.8, 4) is 0 Å². The number of nitrogens with zero attached hydrogens (tertiary/aromatic N) is 2. The summed E-state index contributed by atoms with van der Waals surface area (Å²) in [5.74, 6) is 1.01. The van der Waals surface area contributed by atoms with Crippen LogP contribution in [0.25, 0.3) is 0 Å². The highest BCUT2D eigenvalue weighted by molar-refractivity contribution is 6.42. The number of aryl methyl sites for hydroxylation is 1. The van der Waals surface area contributed by atoms with Crippen LogP contribution in [0, 0.1) is 6.92 Å². The summed E-state index contributed by atoms with van der Waals surface area (Å²) < 4.78 is 0. The lowest BCUT2D eigenvalue weighted by molar-refractivity contribution is 1.17. The number of nitrogens with one attached hydrogen (secondary N) is 2. The Labute approximate surface area is 149 Å². The monoisotopic (exact) mass is 359 g/mol. The van der Waals surface area contributed by atoms with Crippen LogP contribution in [0.3, 0.4) is 0 Å². The highest BCUT2D eigenvalue weighted by Crippen LogP contribution is 2.30. The number of halogens is 2. The molecule has 0 radical (unpaired) electrons. The molecule has 0 aliphatic heterocycles. The van der Waals surface area contributed by atoms with E-state index in [2.05, 4.69) is 20.6 Å². The summed E-state index contributed by atoms with van der Waals surface area (Å²) in [6.07, 6.45) is 1.44. The molecule has 0 amide bonds. The first-order valence-corrected chi connectivity index (χ1v) is 7.95. The minimum Gasteiger partial charge on any atom is -0.393 e. The van der Waals surface area contributed by atoms with Crippen LogP contribution in [0.2, 0.25) is 10.0 Å². The first-order valence-electron chi connectivity index (χ1n) is 7.19. The maximum absolute atomic E-state index is 6.17. The van der Waals surface area contributed by atoms with E-state index in [0.29, 0.717) is 27.4 Å². The SMILES string of the molecule is Cc1ccc(Nc2ncnc(Nc3ccc(Cl)c(Cl)c3)c2N)cc1. The minimum absolute atomic E-state index is 0.407. The van der Waals surface area contributed by atoms with E-state index in [-0.39, 0.29) is 0 Å². The molecule has 24 heavy (non-hydrogen) atoms. The lowest BCUT2D eigenvalue weighted by Gasteiger charge is -2.13. The second-order valence-electron chi connectivity index (χ2n) is 5.23. The molecule has 0 saturated carbocycles. The molecule has 0 atom stereocenters. The molecule has 0 bridgehead atoms. The lowest BCUT2D eigenvalue weighted by atomic mass is 10.2. The van der Waals surface area contributed by atoms with E-state index in [9.17, 15) is 0 Å². The van der Waals surface area contributed by atoms with Crippen molar-refractivity contribution in [3.63, 3.8) is 0 Å². The molecule has 0 saturated heterocycles. The molecule has 122 valence electrons. The van der Waals surface area contributed by atoms with E-state index < -0.39 is 0 Å². The number of anilines is 5. The van der Waals surface area contributed by atoms with Crippen LogP contribution < -0.4 is 16.4 Å². The van der Waals surface area contributed by atoms with Gasteiger partial charge in [-0.1, -0.05) is 40.9 Å². The average molecular weight is 360 g/mol. The molecule has 0 unspecified atom stereocenters. The number of rotatable bonds is 4. The largest absolute Gasteiger partial charge is 0.393 e. The second kappa shape index (κ2) is 6.95. The molecule has 3 aromatic rings. The topological polar surface area (TPSA) is 75.9 Å². The zero-order valence-electron chi connectivity index (χ0n) is 12.8. The number of benzene rings is 2. The first kappa shape index (κ1) is 16.4. The maximum Gasteiger partial charge on any atom is 0.159 e. The van der Waals surface area contributed by atoms with Gasteiger partial charge in [-0.3, -0.25) is 0 Å². The van der Waals surface area contributed by atoms with Crippen molar-refractivity contribution < 1.29 is 0 Å². The van der Waals surface area contributed by atoms with Crippen LogP contribution in [0.4, 0.5) is 28.7 Å². The molecule has 3 rings (SSSR count). The molecular weight excluding hydrogens is 345 g/mol. The fourth-order valence-electron chi connectivity index (χ4n) is 2.08. The summed E-state index contributed by atoms with van der Waals surface area (Å²) in [4.78, 5) is 8.37. The quantitative estimate of drug-likeness (QED) is 0.599. The van der Waals surface area contributed by atoms with Crippen LogP contribution in [-0.4, -0.2) is 9.97 Å². The van der Waals surface area contributed by atoms with Crippen molar-refractivity contribution in [2.75, 3.05) is 16.4 Å². The maximum atomic E-state index is 6.17. The fraction of sp³-hybridized carbons (Fsp3) is 0.0588. The third-order valence-electron chi connectivity index (χ3n) is 3.38. The van der Waals surface area contributed by atoms with E-state index in [4.69, 9.17) is 28.9 Å².